The minimum atomic E-state index is -0.239. The molecule has 0 bridgehead atoms. The number of ether oxygens (including phenoxy) is 1. The third kappa shape index (κ3) is 6.26. The van der Waals surface area contributed by atoms with Crippen LogP contribution in [0, 0.1) is 6.92 Å². The number of likely N-dealkylation sites (N-methyl/N-ethyl adjacent to an activating group) is 1. The largest absolute Gasteiger partial charge is 0.484 e. The normalized spacial score (nSPS) is 10.5. The number of amides is 1. The first kappa shape index (κ1) is 17.7. The van der Waals surface area contributed by atoms with Crippen molar-refractivity contribution in [2.24, 2.45) is 0 Å². The second-order valence-electron chi connectivity index (χ2n) is 5.81. The fourth-order valence-corrected chi connectivity index (χ4v) is 1.96. The fourth-order valence-electron chi connectivity index (χ4n) is 1.96. The predicted molar refractivity (Wildman–Crippen MR) is 96.6 cm³/mol. The molecule has 1 aromatic heterocycles. The van der Waals surface area contributed by atoms with E-state index in [9.17, 15) is 4.79 Å². The Morgan fingerprint density at radius 2 is 1.92 bits per heavy atom. The van der Waals surface area contributed by atoms with Crippen LogP contribution in [-0.2, 0) is 4.79 Å². The van der Waals surface area contributed by atoms with Gasteiger partial charge in [0, 0.05) is 13.1 Å². The zero-order chi connectivity index (χ0) is 17.4. The van der Waals surface area contributed by atoms with Crippen molar-refractivity contribution in [2.45, 2.75) is 6.92 Å². The van der Waals surface area contributed by atoms with E-state index in [-0.39, 0.29) is 12.5 Å². The van der Waals surface area contributed by atoms with Gasteiger partial charge in [0.05, 0.1) is 11.9 Å². The topological polar surface area (TPSA) is 66.5 Å². The Morgan fingerprint density at radius 1 is 1.17 bits per heavy atom. The molecule has 1 heterocycles. The molecule has 0 saturated carbocycles. The lowest BCUT2D eigenvalue weighted by Gasteiger charge is -2.11. The Hall–Kier alpha value is -2.60. The quantitative estimate of drug-likeness (QED) is 0.779. The second kappa shape index (κ2) is 8.88. The van der Waals surface area contributed by atoms with E-state index in [1.54, 1.807) is 12.3 Å². The number of hydrogen-bond acceptors (Lipinski definition) is 5. The van der Waals surface area contributed by atoms with Crippen molar-refractivity contribution >= 4 is 17.4 Å². The van der Waals surface area contributed by atoms with Gasteiger partial charge in [-0.25, -0.2) is 4.98 Å². The van der Waals surface area contributed by atoms with Crippen LogP contribution in [-0.4, -0.2) is 49.6 Å². The number of pyridine rings is 1. The van der Waals surface area contributed by atoms with Gasteiger partial charge in [-0.15, -0.1) is 0 Å². The number of aryl methyl sites for hydroxylation is 1. The lowest BCUT2D eigenvalue weighted by atomic mass is 10.2. The van der Waals surface area contributed by atoms with Crippen molar-refractivity contribution in [3.63, 3.8) is 0 Å². The molecular formula is C18H24N4O2. The minimum absolute atomic E-state index is 0.0480. The highest BCUT2D eigenvalue weighted by Gasteiger charge is 2.05. The van der Waals surface area contributed by atoms with Crippen LogP contribution in [0.1, 0.15) is 5.56 Å². The molecule has 0 atom stereocenters. The minimum Gasteiger partial charge on any atom is -0.484 e. The molecular weight excluding hydrogens is 304 g/mol. The number of nitrogens with one attached hydrogen (secondary N) is 2. The third-order valence-corrected chi connectivity index (χ3v) is 3.31. The van der Waals surface area contributed by atoms with Crippen molar-refractivity contribution in [2.75, 3.05) is 44.4 Å². The summed E-state index contributed by atoms with van der Waals surface area (Å²) in [6.07, 6.45) is 1.70. The maximum Gasteiger partial charge on any atom is 0.263 e. The van der Waals surface area contributed by atoms with Gasteiger partial charge in [-0.05, 0) is 45.3 Å². The van der Waals surface area contributed by atoms with Crippen molar-refractivity contribution in [3.8, 4) is 5.75 Å². The van der Waals surface area contributed by atoms with Crippen molar-refractivity contribution in [1.82, 2.24) is 9.88 Å². The molecule has 0 aliphatic heterocycles. The number of carbonyl (C=O) groups excluding carboxylic acids is 1. The van der Waals surface area contributed by atoms with Crippen molar-refractivity contribution in [1.29, 1.82) is 0 Å². The Morgan fingerprint density at radius 3 is 2.54 bits per heavy atom. The van der Waals surface area contributed by atoms with Crippen LogP contribution in [0.4, 0.5) is 11.5 Å². The van der Waals surface area contributed by atoms with Crippen LogP contribution in [0.3, 0.4) is 0 Å². The third-order valence-electron chi connectivity index (χ3n) is 3.31. The van der Waals surface area contributed by atoms with E-state index in [0.717, 1.165) is 24.3 Å². The summed E-state index contributed by atoms with van der Waals surface area (Å²) in [6, 6.07) is 11.2. The lowest BCUT2D eigenvalue weighted by molar-refractivity contribution is -0.118. The average Bonchev–Trinajstić information content (AvgIpc) is 2.56. The molecule has 6 heteroatoms. The van der Waals surface area contributed by atoms with Gasteiger partial charge < -0.3 is 20.3 Å². The fraction of sp³-hybridized carbons (Fsp3) is 0.333. The van der Waals surface area contributed by atoms with Crippen LogP contribution < -0.4 is 15.4 Å². The number of nitrogens with zero attached hydrogens (tertiary/aromatic N) is 2. The maximum absolute atomic E-state index is 11.9. The number of carbonyl (C=O) groups is 1. The molecule has 0 fully saturated rings. The van der Waals surface area contributed by atoms with Crippen LogP contribution in [0.15, 0.2) is 42.6 Å². The number of anilines is 2. The standard InChI is InChI=1S/C18H24N4O2/c1-14-4-7-16(8-5-14)24-13-18(23)21-17-9-6-15(12-20-17)19-10-11-22(2)3/h4-9,12,19H,10-11,13H2,1-3H3,(H,20,21,23). The summed E-state index contributed by atoms with van der Waals surface area (Å²) in [5.74, 6) is 0.936. The summed E-state index contributed by atoms with van der Waals surface area (Å²) in [5.41, 5.74) is 2.07. The van der Waals surface area contributed by atoms with Crippen LogP contribution in [0.25, 0.3) is 0 Å². The van der Waals surface area contributed by atoms with Gasteiger partial charge in [0.2, 0.25) is 0 Å². The summed E-state index contributed by atoms with van der Waals surface area (Å²) in [6.45, 7) is 3.73. The highest BCUT2D eigenvalue weighted by molar-refractivity contribution is 5.91. The Labute approximate surface area is 142 Å². The highest BCUT2D eigenvalue weighted by atomic mass is 16.5. The molecule has 6 nitrogen and oxygen atoms in total. The molecule has 0 aliphatic carbocycles. The lowest BCUT2D eigenvalue weighted by Crippen LogP contribution is -2.21. The van der Waals surface area contributed by atoms with Crippen LogP contribution in [0.5, 0.6) is 5.75 Å². The van der Waals surface area contributed by atoms with Crippen molar-refractivity contribution < 1.29 is 9.53 Å². The first-order valence-electron chi connectivity index (χ1n) is 7.87. The number of benzene rings is 1. The zero-order valence-electron chi connectivity index (χ0n) is 14.4. The van der Waals surface area contributed by atoms with E-state index >= 15 is 0 Å². The van der Waals surface area contributed by atoms with Gasteiger partial charge in [0.1, 0.15) is 11.6 Å². The van der Waals surface area contributed by atoms with Crippen molar-refractivity contribution in [3.05, 3.63) is 48.2 Å². The van der Waals surface area contributed by atoms with Gasteiger partial charge in [0.15, 0.2) is 6.61 Å². The SMILES string of the molecule is Cc1ccc(OCC(=O)Nc2ccc(NCCN(C)C)cn2)cc1. The Bertz CT molecular complexity index is 639. The van der Waals surface area contributed by atoms with E-state index in [0.29, 0.717) is 11.6 Å². The molecule has 0 saturated heterocycles. The molecule has 2 N–H and O–H groups in total. The van der Waals surface area contributed by atoms with Gasteiger partial charge in [0.25, 0.3) is 5.91 Å². The smallest absolute Gasteiger partial charge is 0.263 e. The summed E-state index contributed by atoms with van der Waals surface area (Å²) >= 11 is 0. The average molecular weight is 328 g/mol. The number of aromatic nitrogens is 1. The Kier molecular flexibility index (Phi) is 6.57. The predicted octanol–water partition coefficient (Wildman–Crippen LogP) is 2.38. The molecule has 0 spiro atoms. The van der Waals surface area contributed by atoms with E-state index in [1.165, 1.54) is 0 Å². The van der Waals surface area contributed by atoms with Gasteiger partial charge >= 0.3 is 0 Å². The van der Waals surface area contributed by atoms with E-state index in [4.69, 9.17) is 4.74 Å². The summed E-state index contributed by atoms with van der Waals surface area (Å²) < 4.78 is 5.44. The molecule has 2 rings (SSSR count). The molecule has 1 aromatic carbocycles. The Balaban J connectivity index is 1.76. The molecule has 128 valence electrons. The first-order chi connectivity index (χ1) is 11.5. The van der Waals surface area contributed by atoms with E-state index in [2.05, 4.69) is 20.5 Å². The van der Waals surface area contributed by atoms with Gasteiger partial charge in [-0.3, -0.25) is 4.79 Å². The zero-order valence-corrected chi connectivity index (χ0v) is 14.4. The summed E-state index contributed by atoms with van der Waals surface area (Å²) in [7, 11) is 4.05. The van der Waals surface area contributed by atoms with Crippen LogP contribution >= 0.6 is 0 Å². The maximum atomic E-state index is 11.9. The second-order valence-corrected chi connectivity index (χ2v) is 5.81. The van der Waals surface area contributed by atoms with Gasteiger partial charge in [-0.1, -0.05) is 17.7 Å². The molecule has 0 unspecified atom stereocenters. The first-order valence-corrected chi connectivity index (χ1v) is 7.87. The monoisotopic (exact) mass is 328 g/mol. The molecule has 0 radical (unpaired) electrons. The van der Waals surface area contributed by atoms with Gasteiger partial charge in [-0.2, -0.15) is 0 Å². The van der Waals surface area contributed by atoms with E-state index < -0.39 is 0 Å². The molecule has 1 amide bonds. The summed E-state index contributed by atoms with van der Waals surface area (Å²) in [4.78, 5) is 18.2. The number of hydrogen-bond donors (Lipinski definition) is 2. The molecule has 2 aromatic rings. The molecule has 0 aliphatic rings. The highest BCUT2D eigenvalue weighted by Crippen LogP contribution is 2.12. The van der Waals surface area contributed by atoms with Crippen LogP contribution in [0.2, 0.25) is 0 Å². The molecule has 24 heavy (non-hydrogen) atoms. The number of rotatable bonds is 8. The summed E-state index contributed by atoms with van der Waals surface area (Å²) in [5, 5.41) is 5.98. The van der Waals surface area contributed by atoms with E-state index in [1.807, 2.05) is 51.4 Å².